The van der Waals surface area contributed by atoms with Gasteiger partial charge in [-0.1, -0.05) is 0 Å². The maximum atomic E-state index is 13.1. The molecular formula is C13H16F2O4. The SMILES string of the molecule is COc1cc(F)c(F)cc1OCC(=O)OC(C)(C)C. The van der Waals surface area contributed by atoms with Crippen molar-refractivity contribution in [3.05, 3.63) is 23.8 Å². The molecule has 19 heavy (non-hydrogen) atoms. The number of hydrogen-bond acceptors (Lipinski definition) is 4. The van der Waals surface area contributed by atoms with Crippen molar-refractivity contribution in [2.45, 2.75) is 26.4 Å². The highest BCUT2D eigenvalue weighted by Gasteiger charge is 2.18. The van der Waals surface area contributed by atoms with E-state index >= 15 is 0 Å². The number of rotatable bonds is 4. The van der Waals surface area contributed by atoms with Gasteiger partial charge in [-0.15, -0.1) is 0 Å². The predicted molar refractivity (Wildman–Crippen MR) is 64.3 cm³/mol. The molecule has 0 aromatic heterocycles. The average molecular weight is 274 g/mol. The molecule has 1 rings (SSSR count). The van der Waals surface area contributed by atoms with Crippen LogP contribution < -0.4 is 9.47 Å². The van der Waals surface area contributed by atoms with Gasteiger partial charge in [-0.3, -0.25) is 0 Å². The first kappa shape index (κ1) is 15.2. The Morgan fingerprint density at radius 2 is 1.68 bits per heavy atom. The minimum atomic E-state index is -1.08. The van der Waals surface area contributed by atoms with Crippen LogP contribution in [0.5, 0.6) is 11.5 Å². The predicted octanol–water partition coefficient (Wildman–Crippen LogP) is 2.69. The fourth-order valence-electron chi connectivity index (χ4n) is 1.29. The number of ether oxygens (including phenoxy) is 3. The van der Waals surface area contributed by atoms with Crippen LogP contribution in [0.15, 0.2) is 12.1 Å². The topological polar surface area (TPSA) is 44.8 Å². The Balaban J connectivity index is 2.72. The van der Waals surface area contributed by atoms with Crippen LogP contribution in [0.2, 0.25) is 0 Å². The Kier molecular flexibility index (Phi) is 4.69. The lowest BCUT2D eigenvalue weighted by molar-refractivity contribution is -0.157. The standard InChI is InChI=1S/C13H16F2O4/c1-13(2,3)19-12(16)7-18-11-6-9(15)8(14)5-10(11)17-4/h5-6H,7H2,1-4H3. The van der Waals surface area contributed by atoms with Gasteiger partial charge in [0.1, 0.15) is 5.60 Å². The molecule has 0 aliphatic carbocycles. The summed E-state index contributed by atoms with van der Waals surface area (Å²) in [5.74, 6) is -2.81. The molecule has 0 fully saturated rings. The molecule has 0 saturated heterocycles. The molecule has 0 aliphatic heterocycles. The monoisotopic (exact) mass is 274 g/mol. The van der Waals surface area contributed by atoms with Crippen molar-refractivity contribution in [3.63, 3.8) is 0 Å². The van der Waals surface area contributed by atoms with Gasteiger partial charge in [0.2, 0.25) is 0 Å². The molecule has 0 bridgehead atoms. The molecule has 0 aliphatic rings. The first-order valence-electron chi connectivity index (χ1n) is 5.60. The van der Waals surface area contributed by atoms with E-state index in [0.29, 0.717) is 0 Å². The molecule has 4 nitrogen and oxygen atoms in total. The lowest BCUT2D eigenvalue weighted by atomic mass is 10.2. The van der Waals surface area contributed by atoms with Crippen LogP contribution in [0.4, 0.5) is 8.78 Å². The molecule has 0 spiro atoms. The summed E-state index contributed by atoms with van der Waals surface area (Å²) < 4.78 is 40.9. The summed E-state index contributed by atoms with van der Waals surface area (Å²) >= 11 is 0. The summed E-state index contributed by atoms with van der Waals surface area (Å²) in [4.78, 5) is 11.4. The molecule has 0 atom stereocenters. The summed E-state index contributed by atoms with van der Waals surface area (Å²) in [7, 11) is 1.28. The molecular weight excluding hydrogens is 258 g/mol. The zero-order valence-electron chi connectivity index (χ0n) is 11.3. The van der Waals surface area contributed by atoms with Gasteiger partial charge in [0, 0.05) is 12.1 Å². The van der Waals surface area contributed by atoms with Gasteiger partial charge in [-0.25, -0.2) is 13.6 Å². The Hall–Kier alpha value is -1.85. The zero-order valence-corrected chi connectivity index (χ0v) is 11.3. The second kappa shape index (κ2) is 5.86. The van der Waals surface area contributed by atoms with Gasteiger partial charge in [-0.05, 0) is 20.8 Å². The van der Waals surface area contributed by atoms with Gasteiger partial charge in [0.15, 0.2) is 29.7 Å². The molecule has 6 heteroatoms. The molecule has 0 heterocycles. The van der Waals surface area contributed by atoms with Crippen LogP contribution in [0, 0.1) is 11.6 Å². The lowest BCUT2D eigenvalue weighted by Crippen LogP contribution is -2.27. The van der Waals surface area contributed by atoms with Crippen molar-refractivity contribution in [1.29, 1.82) is 0 Å². The first-order valence-corrected chi connectivity index (χ1v) is 5.60. The van der Waals surface area contributed by atoms with E-state index in [1.165, 1.54) is 7.11 Å². The lowest BCUT2D eigenvalue weighted by Gasteiger charge is -2.19. The van der Waals surface area contributed by atoms with Crippen molar-refractivity contribution in [3.8, 4) is 11.5 Å². The third-order valence-corrected chi connectivity index (χ3v) is 1.97. The number of benzene rings is 1. The summed E-state index contributed by atoms with van der Waals surface area (Å²) in [6, 6.07) is 1.66. The second-order valence-electron chi connectivity index (χ2n) is 4.79. The van der Waals surface area contributed by atoms with Gasteiger partial charge < -0.3 is 14.2 Å². The highest BCUT2D eigenvalue weighted by Crippen LogP contribution is 2.29. The molecule has 1 aromatic rings. The van der Waals surface area contributed by atoms with E-state index in [9.17, 15) is 13.6 Å². The third-order valence-electron chi connectivity index (χ3n) is 1.97. The number of methoxy groups -OCH3 is 1. The molecule has 106 valence electrons. The van der Waals surface area contributed by atoms with Crippen LogP contribution in [0.1, 0.15) is 20.8 Å². The van der Waals surface area contributed by atoms with E-state index in [0.717, 1.165) is 12.1 Å². The van der Waals surface area contributed by atoms with Crippen molar-refractivity contribution in [2.24, 2.45) is 0 Å². The Labute approximate surface area is 110 Å². The molecule has 1 aromatic carbocycles. The van der Waals surface area contributed by atoms with E-state index in [-0.39, 0.29) is 11.5 Å². The van der Waals surface area contributed by atoms with Crippen LogP contribution in [-0.4, -0.2) is 25.3 Å². The van der Waals surface area contributed by atoms with Crippen molar-refractivity contribution < 1.29 is 27.8 Å². The van der Waals surface area contributed by atoms with Crippen molar-refractivity contribution in [1.82, 2.24) is 0 Å². The number of carbonyl (C=O) groups excluding carboxylic acids is 1. The van der Waals surface area contributed by atoms with Crippen LogP contribution in [0.25, 0.3) is 0 Å². The molecule has 0 amide bonds. The van der Waals surface area contributed by atoms with Crippen molar-refractivity contribution in [2.75, 3.05) is 13.7 Å². The average Bonchev–Trinajstić information content (AvgIpc) is 2.28. The van der Waals surface area contributed by atoms with E-state index in [1.54, 1.807) is 20.8 Å². The van der Waals surface area contributed by atoms with Gasteiger partial charge in [-0.2, -0.15) is 0 Å². The maximum Gasteiger partial charge on any atom is 0.344 e. The highest BCUT2D eigenvalue weighted by molar-refractivity contribution is 5.71. The fourth-order valence-corrected chi connectivity index (χ4v) is 1.29. The molecule has 0 saturated carbocycles. The molecule has 0 unspecified atom stereocenters. The highest BCUT2D eigenvalue weighted by atomic mass is 19.2. The van der Waals surface area contributed by atoms with Crippen LogP contribution in [-0.2, 0) is 9.53 Å². The van der Waals surface area contributed by atoms with Gasteiger partial charge in [0.25, 0.3) is 0 Å². The fraction of sp³-hybridized carbons (Fsp3) is 0.462. The summed E-state index contributed by atoms with van der Waals surface area (Å²) in [6.45, 7) is 4.72. The molecule has 0 radical (unpaired) electrons. The number of hydrogen-bond donors (Lipinski definition) is 0. The third kappa shape index (κ3) is 4.73. The Bertz CT molecular complexity index is 466. The number of halogens is 2. The smallest absolute Gasteiger partial charge is 0.344 e. The van der Waals surface area contributed by atoms with E-state index in [2.05, 4.69) is 0 Å². The summed E-state index contributed by atoms with van der Waals surface area (Å²) in [6.07, 6.45) is 0. The van der Waals surface area contributed by atoms with E-state index in [4.69, 9.17) is 14.2 Å². The van der Waals surface area contributed by atoms with Gasteiger partial charge >= 0.3 is 5.97 Å². The quantitative estimate of drug-likeness (QED) is 0.792. The summed E-state index contributed by atoms with van der Waals surface area (Å²) in [5.41, 5.74) is -0.640. The summed E-state index contributed by atoms with van der Waals surface area (Å²) in [5, 5.41) is 0. The van der Waals surface area contributed by atoms with Crippen LogP contribution in [0.3, 0.4) is 0 Å². The van der Waals surface area contributed by atoms with E-state index in [1.807, 2.05) is 0 Å². The second-order valence-corrected chi connectivity index (χ2v) is 4.79. The Morgan fingerprint density at radius 1 is 1.16 bits per heavy atom. The maximum absolute atomic E-state index is 13.1. The van der Waals surface area contributed by atoms with Gasteiger partial charge in [0.05, 0.1) is 7.11 Å². The Morgan fingerprint density at radius 3 is 2.16 bits per heavy atom. The van der Waals surface area contributed by atoms with Crippen molar-refractivity contribution >= 4 is 5.97 Å². The van der Waals surface area contributed by atoms with Crippen LogP contribution >= 0.6 is 0 Å². The molecule has 0 N–H and O–H groups in total. The first-order chi connectivity index (χ1) is 8.73. The van der Waals surface area contributed by atoms with E-state index < -0.39 is 29.8 Å². The minimum absolute atomic E-state index is 0.00228. The normalized spacial score (nSPS) is 11.1. The largest absolute Gasteiger partial charge is 0.493 e. The zero-order chi connectivity index (χ0) is 14.6. The number of carbonyl (C=O) groups is 1. The minimum Gasteiger partial charge on any atom is -0.493 e. The number of esters is 1.